The van der Waals surface area contributed by atoms with Crippen molar-refractivity contribution < 1.29 is 13.9 Å². The predicted molar refractivity (Wildman–Crippen MR) is 98.0 cm³/mol. The molecule has 0 aliphatic carbocycles. The third-order valence-corrected chi connectivity index (χ3v) is 5.01. The van der Waals surface area contributed by atoms with Crippen LogP contribution in [0.15, 0.2) is 16.5 Å². The molecule has 0 radical (unpaired) electrons. The fourth-order valence-corrected chi connectivity index (χ4v) is 3.24. The lowest BCUT2D eigenvalue weighted by atomic mass is 10.1. The molecule has 0 spiro atoms. The number of aromatic amines is 1. The van der Waals surface area contributed by atoms with Gasteiger partial charge in [0.2, 0.25) is 5.91 Å². The molecular formula is C19H28N4O3. The number of rotatable bonds is 7. The van der Waals surface area contributed by atoms with Gasteiger partial charge in [0.05, 0.1) is 24.9 Å². The van der Waals surface area contributed by atoms with E-state index in [0.29, 0.717) is 32.6 Å². The van der Waals surface area contributed by atoms with E-state index in [4.69, 9.17) is 9.15 Å². The van der Waals surface area contributed by atoms with Gasteiger partial charge in [0.15, 0.2) is 0 Å². The lowest BCUT2D eigenvalue weighted by Gasteiger charge is -2.33. The molecule has 1 atom stereocenters. The van der Waals surface area contributed by atoms with E-state index in [0.717, 1.165) is 41.6 Å². The number of hydrogen-bond acceptors (Lipinski definition) is 5. The van der Waals surface area contributed by atoms with Crippen LogP contribution < -0.4 is 5.32 Å². The standard InChI is InChI=1S/C19H28N4O3/c1-13-4-6-18(26-13)17(23-8-10-25-11-9-23)12-20-19(24)7-5-16-14(2)15(3)21-22-16/h4,6,17H,5,7-12H2,1-3H3,(H,20,24)(H,21,22). The molecule has 1 aliphatic heterocycles. The number of aromatic nitrogens is 2. The Morgan fingerprint density at radius 2 is 2.08 bits per heavy atom. The minimum Gasteiger partial charge on any atom is -0.465 e. The number of H-pyrrole nitrogens is 1. The number of amides is 1. The van der Waals surface area contributed by atoms with Gasteiger partial charge < -0.3 is 14.5 Å². The van der Waals surface area contributed by atoms with Crippen molar-refractivity contribution in [1.82, 2.24) is 20.4 Å². The van der Waals surface area contributed by atoms with Crippen LogP contribution in [0.3, 0.4) is 0 Å². The smallest absolute Gasteiger partial charge is 0.220 e. The van der Waals surface area contributed by atoms with Crippen molar-refractivity contribution in [2.24, 2.45) is 0 Å². The van der Waals surface area contributed by atoms with Crippen LogP contribution in [-0.2, 0) is 16.0 Å². The first-order valence-corrected chi connectivity index (χ1v) is 9.20. The average Bonchev–Trinajstić information content (AvgIpc) is 3.21. The first kappa shape index (κ1) is 18.7. The van der Waals surface area contributed by atoms with E-state index in [2.05, 4.69) is 20.4 Å². The van der Waals surface area contributed by atoms with Crippen molar-refractivity contribution in [3.63, 3.8) is 0 Å². The summed E-state index contributed by atoms with van der Waals surface area (Å²) in [7, 11) is 0. The summed E-state index contributed by atoms with van der Waals surface area (Å²) in [4.78, 5) is 14.6. The highest BCUT2D eigenvalue weighted by Crippen LogP contribution is 2.23. The van der Waals surface area contributed by atoms with Gasteiger partial charge in [-0.05, 0) is 38.5 Å². The molecule has 0 bridgehead atoms. The van der Waals surface area contributed by atoms with Gasteiger partial charge in [0, 0.05) is 38.2 Å². The lowest BCUT2D eigenvalue weighted by Crippen LogP contribution is -2.43. The minimum absolute atomic E-state index is 0.0333. The van der Waals surface area contributed by atoms with Crippen LogP contribution in [0.25, 0.3) is 0 Å². The lowest BCUT2D eigenvalue weighted by molar-refractivity contribution is -0.121. The molecule has 2 aromatic rings. The molecule has 26 heavy (non-hydrogen) atoms. The summed E-state index contributed by atoms with van der Waals surface area (Å²) in [6, 6.07) is 4.00. The maximum atomic E-state index is 12.3. The third-order valence-electron chi connectivity index (χ3n) is 5.01. The van der Waals surface area contributed by atoms with Crippen molar-refractivity contribution in [1.29, 1.82) is 0 Å². The van der Waals surface area contributed by atoms with E-state index in [1.165, 1.54) is 0 Å². The third kappa shape index (κ3) is 4.53. The van der Waals surface area contributed by atoms with Crippen molar-refractivity contribution in [2.45, 2.75) is 39.7 Å². The van der Waals surface area contributed by atoms with Gasteiger partial charge in [-0.15, -0.1) is 0 Å². The number of furan rings is 1. The predicted octanol–water partition coefficient (Wildman–Crippen LogP) is 2.05. The molecule has 1 fully saturated rings. The van der Waals surface area contributed by atoms with E-state index < -0.39 is 0 Å². The van der Waals surface area contributed by atoms with Gasteiger partial charge in [-0.2, -0.15) is 5.10 Å². The van der Waals surface area contributed by atoms with Crippen molar-refractivity contribution in [3.8, 4) is 0 Å². The van der Waals surface area contributed by atoms with Crippen LogP contribution in [0.2, 0.25) is 0 Å². The highest BCUT2D eigenvalue weighted by Gasteiger charge is 2.25. The molecule has 0 aromatic carbocycles. The Kier molecular flexibility index (Phi) is 6.11. The summed E-state index contributed by atoms with van der Waals surface area (Å²) in [5.41, 5.74) is 3.15. The zero-order valence-corrected chi connectivity index (χ0v) is 15.8. The van der Waals surface area contributed by atoms with E-state index in [-0.39, 0.29) is 11.9 Å². The highest BCUT2D eigenvalue weighted by molar-refractivity contribution is 5.76. The fraction of sp³-hybridized carbons (Fsp3) is 0.579. The van der Waals surface area contributed by atoms with E-state index in [1.54, 1.807) is 0 Å². The van der Waals surface area contributed by atoms with Gasteiger partial charge in [-0.25, -0.2) is 0 Å². The summed E-state index contributed by atoms with van der Waals surface area (Å²) in [6.07, 6.45) is 1.07. The number of morpholine rings is 1. The Bertz CT molecular complexity index is 731. The minimum atomic E-state index is 0.0333. The summed E-state index contributed by atoms with van der Waals surface area (Å²) in [6.45, 7) is 9.59. The highest BCUT2D eigenvalue weighted by atomic mass is 16.5. The van der Waals surface area contributed by atoms with Crippen LogP contribution in [-0.4, -0.2) is 53.9 Å². The largest absolute Gasteiger partial charge is 0.465 e. The summed E-state index contributed by atoms with van der Waals surface area (Å²) in [5.74, 6) is 1.81. The number of aryl methyl sites for hydroxylation is 3. The maximum absolute atomic E-state index is 12.3. The fourth-order valence-electron chi connectivity index (χ4n) is 3.24. The molecule has 7 heteroatoms. The van der Waals surface area contributed by atoms with Crippen LogP contribution in [0, 0.1) is 20.8 Å². The topological polar surface area (TPSA) is 83.4 Å². The molecule has 0 saturated carbocycles. The van der Waals surface area contributed by atoms with Gasteiger partial charge in [-0.3, -0.25) is 14.8 Å². The summed E-state index contributed by atoms with van der Waals surface area (Å²) >= 11 is 0. The van der Waals surface area contributed by atoms with Crippen molar-refractivity contribution >= 4 is 5.91 Å². The van der Waals surface area contributed by atoms with E-state index in [9.17, 15) is 4.79 Å². The zero-order chi connectivity index (χ0) is 18.5. The molecule has 2 aromatic heterocycles. The molecule has 7 nitrogen and oxygen atoms in total. The Hall–Kier alpha value is -2.12. The van der Waals surface area contributed by atoms with Gasteiger partial charge >= 0.3 is 0 Å². The van der Waals surface area contributed by atoms with E-state index in [1.807, 2.05) is 32.9 Å². The monoisotopic (exact) mass is 360 g/mol. The number of nitrogens with zero attached hydrogens (tertiary/aromatic N) is 2. The summed E-state index contributed by atoms with van der Waals surface area (Å²) < 4.78 is 11.3. The number of carbonyl (C=O) groups is 1. The second-order valence-electron chi connectivity index (χ2n) is 6.84. The van der Waals surface area contributed by atoms with Crippen LogP contribution in [0.1, 0.15) is 40.9 Å². The average molecular weight is 360 g/mol. The van der Waals surface area contributed by atoms with Gasteiger partial charge in [0.25, 0.3) is 0 Å². The normalized spacial score (nSPS) is 16.6. The van der Waals surface area contributed by atoms with Gasteiger partial charge in [-0.1, -0.05) is 0 Å². The number of ether oxygens (including phenoxy) is 1. The SMILES string of the molecule is Cc1ccc(C(CNC(=O)CCc2n[nH]c(C)c2C)N2CCOCC2)o1. The van der Waals surface area contributed by atoms with Crippen LogP contribution in [0.4, 0.5) is 0 Å². The molecule has 3 rings (SSSR count). The molecular weight excluding hydrogens is 332 g/mol. The molecule has 1 saturated heterocycles. The van der Waals surface area contributed by atoms with Crippen LogP contribution in [0.5, 0.6) is 0 Å². The summed E-state index contributed by atoms with van der Waals surface area (Å²) in [5, 5.41) is 10.3. The number of nitrogens with one attached hydrogen (secondary N) is 2. The van der Waals surface area contributed by atoms with Gasteiger partial charge in [0.1, 0.15) is 11.5 Å². The van der Waals surface area contributed by atoms with Crippen LogP contribution >= 0.6 is 0 Å². The second-order valence-corrected chi connectivity index (χ2v) is 6.84. The number of carbonyl (C=O) groups excluding carboxylic acids is 1. The molecule has 1 amide bonds. The van der Waals surface area contributed by atoms with Crippen molar-refractivity contribution in [2.75, 3.05) is 32.8 Å². The quantitative estimate of drug-likeness (QED) is 0.790. The molecule has 3 heterocycles. The molecule has 1 aliphatic rings. The molecule has 142 valence electrons. The molecule has 1 unspecified atom stereocenters. The Morgan fingerprint density at radius 3 is 2.69 bits per heavy atom. The second kappa shape index (κ2) is 8.51. The molecule has 2 N–H and O–H groups in total. The Balaban J connectivity index is 1.56. The zero-order valence-electron chi connectivity index (χ0n) is 15.8. The Labute approximate surface area is 154 Å². The number of hydrogen-bond donors (Lipinski definition) is 2. The van der Waals surface area contributed by atoms with Crippen molar-refractivity contribution in [3.05, 3.63) is 40.6 Å². The Morgan fingerprint density at radius 1 is 1.31 bits per heavy atom. The maximum Gasteiger partial charge on any atom is 0.220 e. The first-order valence-electron chi connectivity index (χ1n) is 9.20. The van der Waals surface area contributed by atoms with E-state index >= 15 is 0 Å². The first-order chi connectivity index (χ1) is 12.5.